The van der Waals surface area contributed by atoms with Gasteiger partial charge in [-0.1, -0.05) is 64.3 Å². The number of Topliss-reactive ketones (excluding diaryl/α,β-unsaturated/α-hetero) is 2. The van der Waals surface area contributed by atoms with Crippen LogP contribution in [0.4, 0.5) is 0 Å². The standard InChI is InChI=1S/C32H44O5/c1-8-9-10-11-22-26(30(36)37-24-15-20-16-32(24,7)17-31(20,5)6)28(34)25(29(35)27(22)33)23-14-19(4)12-13-21(23)18(2)3/h14,20-21,23-24,34H,2,8-13,15-17H2,1,3-7H3/t20?,21-,23+,24?,32?/m0/s1. The Bertz CT molecular complexity index is 1120. The van der Waals surface area contributed by atoms with Gasteiger partial charge in [0.05, 0.1) is 5.57 Å². The molecule has 2 bridgehead atoms. The van der Waals surface area contributed by atoms with Crippen LogP contribution < -0.4 is 0 Å². The summed E-state index contributed by atoms with van der Waals surface area (Å²) in [4.78, 5) is 40.8. The molecule has 5 atom stereocenters. The van der Waals surface area contributed by atoms with E-state index in [9.17, 15) is 19.5 Å². The summed E-state index contributed by atoms with van der Waals surface area (Å²) >= 11 is 0. The van der Waals surface area contributed by atoms with Crippen LogP contribution in [0.15, 0.2) is 46.3 Å². The molecule has 0 aromatic carbocycles. The van der Waals surface area contributed by atoms with Gasteiger partial charge in [-0.2, -0.15) is 0 Å². The number of allylic oxidation sites excluding steroid dienone is 5. The number of carbonyl (C=O) groups is 3. The molecule has 37 heavy (non-hydrogen) atoms. The largest absolute Gasteiger partial charge is 0.507 e. The monoisotopic (exact) mass is 508 g/mol. The van der Waals surface area contributed by atoms with Crippen LogP contribution in [-0.2, 0) is 19.1 Å². The molecule has 0 aromatic rings. The molecule has 2 fully saturated rings. The Labute approximate surface area is 222 Å². The number of ketones is 2. The van der Waals surface area contributed by atoms with E-state index in [4.69, 9.17) is 4.74 Å². The molecule has 0 aliphatic heterocycles. The molecule has 0 heterocycles. The van der Waals surface area contributed by atoms with Crippen molar-refractivity contribution in [2.24, 2.45) is 28.6 Å². The van der Waals surface area contributed by atoms with Gasteiger partial charge in [0.2, 0.25) is 11.6 Å². The van der Waals surface area contributed by atoms with Gasteiger partial charge in [0, 0.05) is 16.9 Å². The topological polar surface area (TPSA) is 80.7 Å². The van der Waals surface area contributed by atoms with Crippen molar-refractivity contribution in [2.45, 2.75) is 105 Å². The lowest BCUT2D eigenvalue weighted by atomic mass is 9.70. The summed E-state index contributed by atoms with van der Waals surface area (Å²) in [6, 6.07) is 0. The lowest BCUT2D eigenvalue weighted by Crippen LogP contribution is -2.39. The molecule has 0 amide bonds. The minimum absolute atomic E-state index is 0.0310. The first-order chi connectivity index (χ1) is 17.3. The van der Waals surface area contributed by atoms with Crippen molar-refractivity contribution in [2.75, 3.05) is 0 Å². The third-order valence-corrected chi connectivity index (χ3v) is 9.67. The molecule has 4 aliphatic rings. The molecular formula is C32H44O5. The summed E-state index contributed by atoms with van der Waals surface area (Å²) in [5, 5.41) is 11.6. The summed E-state index contributed by atoms with van der Waals surface area (Å²) < 4.78 is 6.12. The quantitative estimate of drug-likeness (QED) is 0.124. The van der Waals surface area contributed by atoms with Crippen molar-refractivity contribution in [3.05, 3.63) is 46.3 Å². The molecule has 4 rings (SSSR count). The minimum Gasteiger partial charge on any atom is -0.507 e. The predicted octanol–water partition coefficient (Wildman–Crippen LogP) is 7.13. The van der Waals surface area contributed by atoms with E-state index in [0.717, 1.165) is 56.1 Å². The number of aliphatic hydroxyl groups is 1. The lowest BCUT2D eigenvalue weighted by Gasteiger charge is -2.39. The maximum absolute atomic E-state index is 13.8. The van der Waals surface area contributed by atoms with Crippen LogP contribution in [0.2, 0.25) is 0 Å². The second kappa shape index (κ2) is 10.0. The number of hydrogen-bond donors (Lipinski definition) is 1. The van der Waals surface area contributed by atoms with Crippen LogP contribution in [0.1, 0.15) is 99.3 Å². The molecule has 0 radical (unpaired) electrons. The normalized spacial score (nSPS) is 33.2. The highest BCUT2D eigenvalue weighted by molar-refractivity contribution is 6.51. The van der Waals surface area contributed by atoms with E-state index in [1.807, 2.05) is 19.9 Å². The van der Waals surface area contributed by atoms with E-state index in [2.05, 4.69) is 34.3 Å². The zero-order valence-electron chi connectivity index (χ0n) is 23.5. The predicted molar refractivity (Wildman–Crippen MR) is 145 cm³/mol. The van der Waals surface area contributed by atoms with Crippen LogP contribution >= 0.6 is 0 Å². The molecule has 4 aliphatic carbocycles. The number of ether oxygens (including phenoxy) is 1. The highest BCUT2D eigenvalue weighted by Crippen LogP contribution is 2.63. The summed E-state index contributed by atoms with van der Waals surface area (Å²) in [6.45, 7) is 16.8. The van der Waals surface area contributed by atoms with Crippen LogP contribution in [0, 0.1) is 28.6 Å². The SMILES string of the molecule is C=C(C)[C@@H]1CCC(C)=C[C@H]1C1=C(O)C(C(=O)OC2CC3CC2(C)CC3(C)C)=C(CCCCC)C(=O)C1=O. The Hall–Kier alpha value is -2.43. The number of carbonyl (C=O) groups excluding carboxylic acids is 3. The summed E-state index contributed by atoms with van der Waals surface area (Å²) in [5.74, 6) is -2.48. The first-order valence-electron chi connectivity index (χ1n) is 14.1. The Kier molecular flexibility index (Phi) is 7.49. The zero-order chi connectivity index (χ0) is 27.3. The van der Waals surface area contributed by atoms with E-state index >= 15 is 0 Å². The highest BCUT2D eigenvalue weighted by Gasteiger charge is 2.59. The second-order valence-electron chi connectivity index (χ2n) is 13.1. The molecule has 202 valence electrons. The zero-order valence-corrected chi connectivity index (χ0v) is 23.5. The van der Waals surface area contributed by atoms with Gasteiger partial charge < -0.3 is 9.84 Å². The molecule has 3 unspecified atom stereocenters. The van der Waals surface area contributed by atoms with Crippen molar-refractivity contribution in [3.63, 3.8) is 0 Å². The summed E-state index contributed by atoms with van der Waals surface area (Å²) in [7, 11) is 0. The molecule has 0 spiro atoms. The summed E-state index contributed by atoms with van der Waals surface area (Å²) in [5.41, 5.74) is 2.16. The fourth-order valence-electron chi connectivity index (χ4n) is 7.65. The van der Waals surface area contributed by atoms with Crippen LogP contribution in [0.3, 0.4) is 0 Å². The van der Waals surface area contributed by atoms with Gasteiger partial charge in [-0.05, 0) is 76.0 Å². The average molecular weight is 509 g/mol. The first kappa shape index (κ1) is 27.6. The first-order valence-corrected chi connectivity index (χ1v) is 14.1. The van der Waals surface area contributed by atoms with Crippen molar-refractivity contribution in [3.8, 4) is 0 Å². The molecule has 0 aromatic heterocycles. The Morgan fingerprint density at radius 3 is 2.46 bits per heavy atom. The third-order valence-electron chi connectivity index (χ3n) is 9.67. The van der Waals surface area contributed by atoms with E-state index in [1.54, 1.807) is 0 Å². The van der Waals surface area contributed by atoms with Gasteiger partial charge in [-0.3, -0.25) is 9.59 Å². The lowest BCUT2D eigenvalue weighted by molar-refractivity contribution is -0.152. The molecule has 5 heteroatoms. The van der Waals surface area contributed by atoms with E-state index in [1.165, 1.54) is 0 Å². The molecule has 1 N–H and O–H groups in total. The highest BCUT2D eigenvalue weighted by atomic mass is 16.5. The van der Waals surface area contributed by atoms with Crippen molar-refractivity contribution in [1.29, 1.82) is 0 Å². The average Bonchev–Trinajstić information content (AvgIpc) is 3.24. The molecule has 0 saturated heterocycles. The van der Waals surface area contributed by atoms with Crippen LogP contribution in [-0.4, -0.2) is 28.7 Å². The minimum atomic E-state index is -0.698. The van der Waals surface area contributed by atoms with Gasteiger partial charge >= 0.3 is 5.97 Å². The van der Waals surface area contributed by atoms with Crippen molar-refractivity contribution in [1.82, 2.24) is 0 Å². The number of unbranched alkanes of at least 4 members (excludes halogenated alkanes) is 2. The van der Waals surface area contributed by atoms with Crippen LogP contribution in [0.5, 0.6) is 0 Å². The molecular weight excluding hydrogens is 464 g/mol. The van der Waals surface area contributed by atoms with Gasteiger partial charge in [0.15, 0.2) is 0 Å². The number of aliphatic hydroxyl groups excluding tert-OH is 1. The number of esters is 1. The van der Waals surface area contributed by atoms with E-state index < -0.39 is 23.5 Å². The van der Waals surface area contributed by atoms with Crippen molar-refractivity contribution >= 4 is 17.5 Å². The Balaban J connectivity index is 1.75. The maximum Gasteiger partial charge on any atom is 0.342 e. The molecule has 2 saturated carbocycles. The van der Waals surface area contributed by atoms with Gasteiger partial charge in [-0.25, -0.2) is 4.79 Å². The van der Waals surface area contributed by atoms with Crippen molar-refractivity contribution < 1.29 is 24.2 Å². The second-order valence-corrected chi connectivity index (χ2v) is 13.1. The van der Waals surface area contributed by atoms with Gasteiger partial charge in [-0.15, -0.1) is 0 Å². The van der Waals surface area contributed by atoms with E-state index in [-0.39, 0.29) is 51.8 Å². The number of rotatable bonds is 8. The third kappa shape index (κ3) is 4.91. The Morgan fingerprint density at radius 1 is 1.19 bits per heavy atom. The van der Waals surface area contributed by atoms with E-state index in [0.29, 0.717) is 12.3 Å². The van der Waals surface area contributed by atoms with Gasteiger partial charge in [0.1, 0.15) is 17.4 Å². The summed E-state index contributed by atoms with van der Waals surface area (Å²) in [6.07, 6.45) is 8.88. The fourth-order valence-corrected chi connectivity index (χ4v) is 7.65. The maximum atomic E-state index is 13.8. The number of hydrogen-bond acceptors (Lipinski definition) is 5. The van der Waals surface area contributed by atoms with Gasteiger partial charge in [0.25, 0.3) is 0 Å². The fraction of sp³-hybridized carbons (Fsp3) is 0.656. The molecule has 5 nitrogen and oxygen atoms in total. The smallest absolute Gasteiger partial charge is 0.342 e. The number of fused-ring (bicyclic) bond motifs is 2. The Morgan fingerprint density at radius 2 is 1.89 bits per heavy atom. The van der Waals surface area contributed by atoms with Crippen LogP contribution in [0.25, 0.3) is 0 Å².